The van der Waals surface area contributed by atoms with Crippen LogP contribution in [0, 0.1) is 10.8 Å². The summed E-state index contributed by atoms with van der Waals surface area (Å²) in [6.07, 6.45) is 3.19. The van der Waals surface area contributed by atoms with E-state index in [1.54, 1.807) is 6.08 Å². The van der Waals surface area contributed by atoms with Crippen LogP contribution in [0.2, 0.25) is 0 Å². The number of hydrogen-bond acceptors (Lipinski definition) is 3. The minimum Gasteiger partial charge on any atom is -0.373 e. The summed E-state index contributed by atoms with van der Waals surface area (Å²) in [4.78, 5) is 26.3. The third-order valence-corrected chi connectivity index (χ3v) is 5.08. The third-order valence-electron chi connectivity index (χ3n) is 5.08. The molecule has 0 N–H and O–H groups in total. The highest BCUT2D eigenvalue weighted by Crippen LogP contribution is 2.64. The minimum atomic E-state index is -0.671. The summed E-state index contributed by atoms with van der Waals surface area (Å²) >= 11 is 0. The Hall–Kier alpha value is -1.16. The highest BCUT2D eigenvalue weighted by Gasteiger charge is 2.76. The van der Waals surface area contributed by atoms with Crippen molar-refractivity contribution in [3.63, 3.8) is 0 Å². The normalized spacial score (nSPS) is 47.8. The Balaban J connectivity index is 2.12. The second-order valence-corrected chi connectivity index (χ2v) is 5.61. The Morgan fingerprint density at radius 1 is 1.29 bits per heavy atom. The van der Waals surface area contributed by atoms with Gasteiger partial charge in [0.1, 0.15) is 0 Å². The van der Waals surface area contributed by atoms with Crippen LogP contribution in [0.15, 0.2) is 12.7 Å². The lowest BCUT2D eigenvalue weighted by atomic mass is 9.59. The van der Waals surface area contributed by atoms with Gasteiger partial charge in [-0.1, -0.05) is 6.08 Å². The van der Waals surface area contributed by atoms with E-state index in [4.69, 9.17) is 4.74 Å². The summed E-state index contributed by atoms with van der Waals surface area (Å²) in [7, 11) is 0. The molecule has 3 aliphatic heterocycles. The largest absolute Gasteiger partial charge is 0.373 e. The first kappa shape index (κ1) is 11.0. The van der Waals surface area contributed by atoms with Gasteiger partial charge in [0.05, 0.1) is 23.0 Å². The maximum absolute atomic E-state index is 12.5. The summed E-state index contributed by atoms with van der Waals surface area (Å²) < 4.78 is 5.82. The van der Waals surface area contributed by atoms with Crippen molar-refractivity contribution in [2.24, 2.45) is 10.8 Å². The Kier molecular flexibility index (Phi) is 1.93. The number of carbonyl (C=O) groups excluding carboxylic acids is 2. The molecule has 0 aliphatic carbocycles. The van der Waals surface area contributed by atoms with E-state index in [0.29, 0.717) is 6.54 Å². The van der Waals surface area contributed by atoms with Gasteiger partial charge in [-0.25, -0.2) is 0 Å². The predicted octanol–water partition coefficient (Wildman–Crippen LogP) is 1.11. The van der Waals surface area contributed by atoms with Gasteiger partial charge in [0.25, 0.3) is 0 Å². The molecule has 0 aromatic heterocycles. The number of amides is 2. The van der Waals surface area contributed by atoms with E-state index in [0.717, 1.165) is 12.8 Å². The maximum Gasteiger partial charge on any atom is 0.239 e. The van der Waals surface area contributed by atoms with Gasteiger partial charge in [-0.15, -0.1) is 6.58 Å². The molecule has 17 heavy (non-hydrogen) atoms. The second-order valence-electron chi connectivity index (χ2n) is 5.61. The molecule has 3 rings (SSSR count). The maximum atomic E-state index is 12.5. The minimum absolute atomic E-state index is 0.0860. The van der Waals surface area contributed by atoms with Crippen LogP contribution in [0.25, 0.3) is 0 Å². The van der Waals surface area contributed by atoms with E-state index in [2.05, 4.69) is 6.58 Å². The van der Waals surface area contributed by atoms with Crippen molar-refractivity contribution in [3.05, 3.63) is 12.7 Å². The summed E-state index contributed by atoms with van der Waals surface area (Å²) in [6.45, 7) is 7.69. The molecule has 3 fully saturated rings. The van der Waals surface area contributed by atoms with Crippen LogP contribution in [0.3, 0.4) is 0 Å². The summed E-state index contributed by atoms with van der Waals surface area (Å²) in [6, 6.07) is 0. The van der Waals surface area contributed by atoms with Crippen LogP contribution >= 0.6 is 0 Å². The molecule has 0 aromatic carbocycles. The molecule has 0 radical (unpaired) electrons. The van der Waals surface area contributed by atoms with E-state index < -0.39 is 10.8 Å². The van der Waals surface area contributed by atoms with E-state index in [1.807, 2.05) is 13.8 Å². The average Bonchev–Trinajstić information content (AvgIpc) is 2.91. The number of likely N-dealkylation sites (tertiary alicyclic amines) is 1. The van der Waals surface area contributed by atoms with Crippen molar-refractivity contribution >= 4 is 11.8 Å². The van der Waals surface area contributed by atoms with Crippen LogP contribution in [-0.4, -0.2) is 35.5 Å². The van der Waals surface area contributed by atoms with Crippen molar-refractivity contribution in [3.8, 4) is 0 Å². The fourth-order valence-electron chi connectivity index (χ4n) is 3.82. The zero-order valence-electron chi connectivity index (χ0n) is 10.2. The van der Waals surface area contributed by atoms with Crippen LogP contribution in [0.5, 0.6) is 0 Å². The zero-order chi connectivity index (χ0) is 12.4. The lowest BCUT2D eigenvalue weighted by Gasteiger charge is -2.36. The number of carbonyl (C=O) groups is 2. The van der Waals surface area contributed by atoms with Crippen LogP contribution < -0.4 is 0 Å². The Morgan fingerprint density at radius 2 is 1.76 bits per heavy atom. The molecule has 92 valence electrons. The molecular formula is C13H17NO3. The molecule has 3 saturated heterocycles. The van der Waals surface area contributed by atoms with Gasteiger partial charge in [0, 0.05) is 6.54 Å². The topological polar surface area (TPSA) is 46.6 Å². The molecule has 3 aliphatic rings. The lowest BCUT2D eigenvalue weighted by Crippen LogP contribution is -2.48. The Morgan fingerprint density at radius 3 is 2.18 bits per heavy atom. The molecule has 4 nitrogen and oxygen atoms in total. The molecule has 0 unspecified atom stereocenters. The Labute approximate surface area is 101 Å². The van der Waals surface area contributed by atoms with Gasteiger partial charge >= 0.3 is 0 Å². The first-order chi connectivity index (χ1) is 7.97. The summed E-state index contributed by atoms with van der Waals surface area (Å²) in [5, 5.41) is 0. The molecule has 2 bridgehead atoms. The lowest BCUT2D eigenvalue weighted by molar-refractivity contribution is -0.144. The molecule has 3 heterocycles. The molecule has 4 heteroatoms. The van der Waals surface area contributed by atoms with E-state index >= 15 is 0 Å². The van der Waals surface area contributed by atoms with Crippen molar-refractivity contribution in [2.45, 2.75) is 38.9 Å². The first-order valence-electron chi connectivity index (χ1n) is 6.10. The van der Waals surface area contributed by atoms with Gasteiger partial charge in [-0.05, 0) is 26.7 Å². The Bertz CT molecular complexity index is 398. The number of nitrogens with zero attached hydrogens (tertiary/aromatic N) is 1. The molecule has 0 saturated carbocycles. The van der Waals surface area contributed by atoms with Crippen molar-refractivity contribution < 1.29 is 14.3 Å². The number of hydrogen-bond donors (Lipinski definition) is 0. The monoisotopic (exact) mass is 235 g/mol. The van der Waals surface area contributed by atoms with Crippen LogP contribution in [-0.2, 0) is 14.3 Å². The van der Waals surface area contributed by atoms with Gasteiger partial charge in [0.15, 0.2) is 0 Å². The van der Waals surface area contributed by atoms with E-state index in [9.17, 15) is 9.59 Å². The quantitative estimate of drug-likeness (QED) is 0.532. The fourth-order valence-corrected chi connectivity index (χ4v) is 3.82. The number of ether oxygens (including phenoxy) is 1. The van der Waals surface area contributed by atoms with Crippen molar-refractivity contribution in [1.29, 1.82) is 0 Å². The van der Waals surface area contributed by atoms with Gasteiger partial charge in [-0.2, -0.15) is 0 Å². The predicted molar refractivity (Wildman–Crippen MR) is 61.0 cm³/mol. The standard InChI is InChI=1S/C13H17NO3/c1-4-7-14-10(15)12(2)8-5-6-9(17-8)13(12,3)11(14)16/h4,8-9H,1,5-7H2,2-3H3/t8-,9+,12+,13-. The first-order valence-corrected chi connectivity index (χ1v) is 6.10. The summed E-state index contributed by atoms with van der Waals surface area (Å²) in [5.74, 6) is -0.172. The summed E-state index contributed by atoms with van der Waals surface area (Å²) in [5.41, 5.74) is -1.34. The van der Waals surface area contributed by atoms with E-state index in [1.165, 1.54) is 4.90 Å². The zero-order valence-corrected chi connectivity index (χ0v) is 10.2. The molecule has 4 atom stereocenters. The third kappa shape index (κ3) is 0.910. The fraction of sp³-hybridized carbons (Fsp3) is 0.692. The molecular weight excluding hydrogens is 218 g/mol. The molecule has 2 amide bonds. The van der Waals surface area contributed by atoms with Gasteiger partial charge in [-0.3, -0.25) is 14.5 Å². The number of imide groups is 1. The highest BCUT2D eigenvalue weighted by molar-refractivity contribution is 6.10. The van der Waals surface area contributed by atoms with E-state index in [-0.39, 0.29) is 24.0 Å². The van der Waals surface area contributed by atoms with Gasteiger partial charge < -0.3 is 4.74 Å². The smallest absolute Gasteiger partial charge is 0.239 e. The highest BCUT2D eigenvalue weighted by atomic mass is 16.5. The molecule has 0 aromatic rings. The van der Waals surface area contributed by atoms with Gasteiger partial charge in [0.2, 0.25) is 11.8 Å². The molecule has 0 spiro atoms. The van der Waals surface area contributed by atoms with Crippen molar-refractivity contribution in [1.82, 2.24) is 4.90 Å². The number of rotatable bonds is 2. The van der Waals surface area contributed by atoms with Crippen LogP contribution in [0.4, 0.5) is 0 Å². The second kappa shape index (κ2) is 2.99. The number of fused-ring (bicyclic) bond motifs is 5. The van der Waals surface area contributed by atoms with Crippen LogP contribution in [0.1, 0.15) is 26.7 Å². The average molecular weight is 235 g/mol. The SMILES string of the molecule is C=CCN1C(=O)[C@@]2(C)[C@@H]3CC[C@@H](O3)[C@@]2(C)C1=O. The van der Waals surface area contributed by atoms with Crippen molar-refractivity contribution in [2.75, 3.05) is 6.54 Å².